The van der Waals surface area contributed by atoms with Gasteiger partial charge in [-0.1, -0.05) is 12.8 Å². The quantitative estimate of drug-likeness (QED) is 0.786. The summed E-state index contributed by atoms with van der Waals surface area (Å²) in [4.78, 5) is 24.7. The van der Waals surface area contributed by atoms with Crippen LogP contribution in [0, 0.1) is 5.92 Å². The zero-order chi connectivity index (χ0) is 13.2. The van der Waals surface area contributed by atoms with Crippen molar-refractivity contribution in [2.24, 2.45) is 5.92 Å². The van der Waals surface area contributed by atoms with Crippen LogP contribution in [0.25, 0.3) is 0 Å². The Labute approximate surface area is 108 Å². The normalized spacial score (nSPS) is 21.6. The highest BCUT2D eigenvalue weighted by molar-refractivity contribution is 5.76. The van der Waals surface area contributed by atoms with Crippen LogP contribution in [0.2, 0.25) is 0 Å². The van der Waals surface area contributed by atoms with E-state index in [0.29, 0.717) is 5.92 Å². The molecule has 0 saturated heterocycles. The Kier molecular flexibility index (Phi) is 3.78. The molecule has 0 unspecified atom stereocenters. The van der Waals surface area contributed by atoms with Crippen molar-refractivity contribution in [2.75, 3.05) is 13.6 Å². The molecule has 18 heavy (non-hydrogen) atoms. The van der Waals surface area contributed by atoms with Crippen LogP contribution in [0.15, 0.2) is 0 Å². The fourth-order valence-corrected chi connectivity index (χ4v) is 2.78. The van der Waals surface area contributed by atoms with Crippen molar-refractivity contribution in [3.63, 3.8) is 0 Å². The van der Waals surface area contributed by atoms with Gasteiger partial charge < -0.3 is 15.3 Å². The van der Waals surface area contributed by atoms with Crippen LogP contribution < -0.4 is 5.32 Å². The van der Waals surface area contributed by atoms with Gasteiger partial charge in [-0.2, -0.15) is 0 Å². The van der Waals surface area contributed by atoms with Gasteiger partial charge in [0.15, 0.2) is 0 Å². The van der Waals surface area contributed by atoms with E-state index in [9.17, 15) is 9.59 Å². The summed E-state index contributed by atoms with van der Waals surface area (Å²) in [6.07, 6.45) is 6.01. The number of aliphatic carboxylic acids is 1. The molecule has 2 saturated carbocycles. The van der Waals surface area contributed by atoms with E-state index in [4.69, 9.17) is 5.11 Å². The van der Waals surface area contributed by atoms with Crippen molar-refractivity contribution in [1.29, 1.82) is 0 Å². The van der Waals surface area contributed by atoms with Crippen LogP contribution in [-0.4, -0.2) is 41.1 Å². The molecular weight excluding hydrogens is 232 g/mol. The van der Waals surface area contributed by atoms with Gasteiger partial charge in [0.2, 0.25) is 0 Å². The Balaban J connectivity index is 1.90. The summed E-state index contributed by atoms with van der Waals surface area (Å²) in [6, 6.07) is -0.120. The molecule has 2 aliphatic rings. The number of amides is 2. The number of carbonyl (C=O) groups is 2. The Hall–Kier alpha value is -1.26. The molecule has 2 amide bonds. The van der Waals surface area contributed by atoms with Crippen molar-refractivity contribution in [2.45, 2.75) is 50.5 Å². The summed E-state index contributed by atoms with van der Waals surface area (Å²) in [5.74, 6) is -0.179. The predicted octanol–water partition coefficient (Wildman–Crippen LogP) is 1.83. The van der Waals surface area contributed by atoms with Gasteiger partial charge in [-0.3, -0.25) is 4.79 Å². The molecule has 0 aromatic rings. The lowest BCUT2D eigenvalue weighted by molar-refractivity contribution is -0.138. The minimum atomic E-state index is -0.831. The second kappa shape index (κ2) is 5.16. The largest absolute Gasteiger partial charge is 0.481 e. The number of nitrogens with one attached hydrogen (secondary N) is 1. The van der Waals surface area contributed by atoms with Crippen LogP contribution in [0.3, 0.4) is 0 Å². The molecule has 0 heterocycles. The second-order valence-electron chi connectivity index (χ2n) is 5.81. The van der Waals surface area contributed by atoms with Crippen molar-refractivity contribution in [1.82, 2.24) is 10.2 Å². The molecule has 0 aromatic carbocycles. The maximum absolute atomic E-state index is 12.1. The molecule has 0 radical (unpaired) electrons. The SMILES string of the molecule is CN(CC1CC1)C(=O)NC1(CC(=O)O)CCCC1. The van der Waals surface area contributed by atoms with Crippen LogP contribution in [0.1, 0.15) is 44.9 Å². The Bertz CT molecular complexity index is 333. The topological polar surface area (TPSA) is 69.6 Å². The smallest absolute Gasteiger partial charge is 0.317 e. The molecule has 0 spiro atoms. The standard InChI is InChI=1S/C13H22N2O3/c1-15(9-10-4-5-10)12(18)14-13(8-11(16)17)6-2-3-7-13/h10H,2-9H2,1H3,(H,14,18)(H,16,17). The van der Waals surface area contributed by atoms with Gasteiger partial charge in [-0.25, -0.2) is 4.79 Å². The van der Waals surface area contributed by atoms with E-state index in [1.54, 1.807) is 11.9 Å². The fourth-order valence-electron chi connectivity index (χ4n) is 2.78. The third kappa shape index (κ3) is 3.37. The zero-order valence-corrected chi connectivity index (χ0v) is 10.9. The summed E-state index contributed by atoms with van der Waals surface area (Å²) in [5, 5.41) is 11.9. The monoisotopic (exact) mass is 254 g/mol. The number of urea groups is 1. The van der Waals surface area contributed by atoms with Crippen molar-refractivity contribution >= 4 is 12.0 Å². The number of rotatable bonds is 5. The first-order valence-electron chi connectivity index (χ1n) is 6.76. The fraction of sp³-hybridized carbons (Fsp3) is 0.846. The average molecular weight is 254 g/mol. The molecule has 0 aliphatic heterocycles. The molecule has 2 fully saturated rings. The first kappa shape index (κ1) is 13.2. The van der Waals surface area contributed by atoms with Gasteiger partial charge in [0, 0.05) is 13.6 Å². The second-order valence-corrected chi connectivity index (χ2v) is 5.81. The first-order valence-corrected chi connectivity index (χ1v) is 6.76. The van der Waals surface area contributed by atoms with E-state index in [1.807, 2.05) is 0 Å². The molecule has 0 aromatic heterocycles. The Morgan fingerprint density at radius 1 is 1.33 bits per heavy atom. The van der Waals surface area contributed by atoms with E-state index >= 15 is 0 Å². The number of hydrogen-bond acceptors (Lipinski definition) is 2. The molecule has 2 rings (SSSR count). The van der Waals surface area contributed by atoms with Crippen molar-refractivity contribution in [3.05, 3.63) is 0 Å². The number of carboxylic acid groups (broad SMARTS) is 1. The minimum Gasteiger partial charge on any atom is -0.481 e. The molecule has 2 aliphatic carbocycles. The van der Waals surface area contributed by atoms with Gasteiger partial charge in [-0.15, -0.1) is 0 Å². The summed E-state index contributed by atoms with van der Waals surface area (Å²) in [7, 11) is 1.79. The number of nitrogens with zero attached hydrogens (tertiary/aromatic N) is 1. The van der Waals surface area contributed by atoms with E-state index in [-0.39, 0.29) is 12.5 Å². The van der Waals surface area contributed by atoms with E-state index < -0.39 is 11.5 Å². The van der Waals surface area contributed by atoms with E-state index in [1.165, 1.54) is 12.8 Å². The molecule has 0 atom stereocenters. The number of hydrogen-bond donors (Lipinski definition) is 2. The molecule has 102 valence electrons. The maximum Gasteiger partial charge on any atom is 0.317 e. The molecule has 5 heteroatoms. The van der Waals surface area contributed by atoms with Gasteiger partial charge in [0.1, 0.15) is 0 Å². The lowest BCUT2D eigenvalue weighted by Crippen LogP contribution is -2.52. The average Bonchev–Trinajstić information content (AvgIpc) is 2.98. The summed E-state index contributed by atoms with van der Waals surface area (Å²) >= 11 is 0. The number of carboxylic acids is 1. The third-order valence-electron chi connectivity index (χ3n) is 4.00. The maximum atomic E-state index is 12.1. The summed E-state index contributed by atoms with van der Waals surface area (Å²) < 4.78 is 0. The van der Waals surface area contributed by atoms with Gasteiger partial charge in [-0.05, 0) is 31.6 Å². The molecular formula is C13H22N2O3. The lowest BCUT2D eigenvalue weighted by atomic mass is 9.93. The molecule has 2 N–H and O–H groups in total. The highest BCUT2D eigenvalue weighted by Crippen LogP contribution is 2.33. The molecule has 5 nitrogen and oxygen atoms in total. The molecule has 0 bridgehead atoms. The van der Waals surface area contributed by atoms with Crippen LogP contribution >= 0.6 is 0 Å². The van der Waals surface area contributed by atoms with Crippen LogP contribution in [-0.2, 0) is 4.79 Å². The highest BCUT2D eigenvalue weighted by Gasteiger charge is 2.38. The third-order valence-corrected chi connectivity index (χ3v) is 4.00. The van der Waals surface area contributed by atoms with Crippen molar-refractivity contribution in [3.8, 4) is 0 Å². The highest BCUT2D eigenvalue weighted by atomic mass is 16.4. The van der Waals surface area contributed by atoms with Crippen LogP contribution in [0.4, 0.5) is 4.79 Å². The number of carbonyl (C=O) groups excluding carboxylic acids is 1. The van der Waals surface area contributed by atoms with Crippen molar-refractivity contribution < 1.29 is 14.7 Å². The van der Waals surface area contributed by atoms with Gasteiger partial charge >= 0.3 is 12.0 Å². The van der Waals surface area contributed by atoms with Crippen LogP contribution in [0.5, 0.6) is 0 Å². The summed E-state index contributed by atoms with van der Waals surface area (Å²) in [6.45, 7) is 0.787. The van der Waals surface area contributed by atoms with E-state index in [0.717, 1.165) is 32.2 Å². The van der Waals surface area contributed by atoms with Gasteiger partial charge in [0.05, 0.1) is 12.0 Å². The minimum absolute atomic E-state index is 0.0377. The zero-order valence-electron chi connectivity index (χ0n) is 10.9. The first-order chi connectivity index (χ1) is 8.51. The lowest BCUT2D eigenvalue weighted by Gasteiger charge is -2.31. The Morgan fingerprint density at radius 2 is 1.94 bits per heavy atom. The Morgan fingerprint density at radius 3 is 2.44 bits per heavy atom. The predicted molar refractivity (Wildman–Crippen MR) is 67.3 cm³/mol. The summed E-state index contributed by atoms with van der Waals surface area (Å²) in [5.41, 5.74) is -0.513. The van der Waals surface area contributed by atoms with Gasteiger partial charge in [0.25, 0.3) is 0 Å². The van der Waals surface area contributed by atoms with E-state index in [2.05, 4.69) is 5.32 Å².